The molecular formula is C9H14N2O3S. The molecule has 0 saturated carbocycles. The van der Waals surface area contributed by atoms with Gasteiger partial charge < -0.3 is 4.74 Å². The van der Waals surface area contributed by atoms with Crippen molar-refractivity contribution in [1.82, 2.24) is 4.98 Å². The standard InChI is InChI=1S/C9H14N2O3S/c1-7(2)15(12,13)11-8-5-4-6-10-9(8)14-3/h4-7,11H,1-3H3. The molecule has 15 heavy (non-hydrogen) atoms. The number of hydrogen-bond acceptors (Lipinski definition) is 4. The van der Waals surface area contributed by atoms with Crippen LogP contribution in [0.5, 0.6) is 5.88 Å². The highest BCUT2D eigenvalue weighted by Gasteiger charge is 2.17. The fourth-order valence-electron chi connectivity index (χ4n) is 0.902. The van der Waals surface area contributed by atoms with Gasteiger partial charge in [-0.05, 0) is 26.0 Å². The molecule has 0 aliphatic rings. The van der Waals surface area contributed by atoms with Gasteiger partial charge in [-0.1, -0.05) is 0 Å². The second-order valence-corrected chi connectivity index (χ2v) is 5.49. The Kier molecular flexibility index (Phi) is 3.52. The van der Waals surface area contributed by atoms with E-state index in [0.717, 1.165) is 0 Å². The maximum atomic E-state index is 11.6. The highest BCUT2D eigenvalue weighted by atomic mass is 32.2. The molecule has 1 rings (SSSR count). The van der Waals surface area contributed by atoms with Crippen LogP contribution in [0.25, 0.3) is 0 Å². The lowest BCUT2D eigenvalue weighted by atomic mass is 10.4. The normalized spacial score (nSPS) is 11.5. The molecule has 0 spiro atoms. The predicted octanol–water partition coefficient (Wildman–Crippen LogP) is 1.24. The van der Waals surface area contributed by atoms with Gasteiger partial charge in [0.25, 0.3) is 0 Å². The third kappa shape index (κ3) is 2.82. The van der Waals surface area contributed by atoms with Crippen LogP contribution in [0.2, 0.25) is 0 Å². The number of ether oxygens (including phenoxy) is 1. The van der Waals surface area contributed by atoms with Crippen molar-refractivity contribution >= 4 is 15.7 Å². The Morgan fingerprint density at radius 3 is 2.67 bits per heavy atom. The second-order valence-electron chi connectivity index (χ2n) is 3.26. The van der Waals surface area contributed by atoms with Crippen LogP contribution in [0.15, 0.2) is 18.3 Å². The third-order valence-electron chi connectivity index (χ3n) is 1.84. The first kappa shape index (κ1) is 11.8. The molecule has 5 nitrogen and oxygen atoms in total. The van der Waals surface area contributed by atoms with Crippen molar-refractivity contribution in [2.24, 2.45) is 0 Å². The van der Waals surface area contributed by atoms with E-state index in [4.69, 9.17) is 4.74 Å². The minimum Gasteiger partial charge on any atom is -0.480 e. The summed E-state index contributed by atoms with van der Waals surface area (Å²) < 4.78 is 30.5. The molecule has 1 heterocycles. The van der Waals surface area contributed by atoms with Crippen molar-refractivity contribution < 1.29 is 13.2 Å². The monoisotopic (exact) mass is 230 g/mol. The minimum absolute atomic E-state index is 0.265. The van der Waals surface area contributed by atoms with Gasteiger partial charge in [-0.3, -0.25) is 4.72 Å². The topological polar surface area (TPSA) is 68.3 Å². The Hall–Kier alpha value is -1.30. The summed E-state index contributed by atoms with van der Waals surface area (Å²) in [5.74, 6) is 0.265. The SMILES string of the molecule is COc1ncccc1NS(=O)(=O)C(C)C. The van der Waals surface area contributed by atoms with Gasteiger partial charge in [0, 0.05) is 6.20 Å². The van der Waals surface area contributed by atoms with E-state index < -0.39 is 15.3 Å². The van der Waals surface area contributed by atoms with Crippen LogP contribution in [-0.4, -0.2) is 25.8 Å². The number of nitrogens with one attached hydrogen (secondary N) is 1. The molecule has 0 aliphatic heterocycles. The largest absolute Gasteiger partial charge is 0.480 e. The molecule has 1 aromatic heterocycles. The number of methoxy groups -OCH3 is 1. The Morgan fingerprint density at radius 1 is 1.47 bits per heavy atom. The van der Waals surface area contributed by atoms with Crippen molar-refractivity contribution in [3.63, 3.8) is 0 Å². The van der Waals surface area contributed by atoms with Crippen molar-refractivity contribution in [1.29, 1.82) is 0 Å². The van der Waals surface area contributed by atoms with Crippen LogP contribution in [0.3, 0.4) is 0 Å². The molecule has 84 valence electrons. The molecule has 1 aromatic rings. The fraction of sp³-hybridized carbons (Fsp3) is 0.444. The molecular weight excluding hydrogens is 216 g/mol. The lowest BCUT2D eigenvalue weighted by Crippen LogP contribution is -2.22. The number of rotatable bonds is 4. The number of pyridine rings is 1. The molecule has 1 N–H and O–H groups in total. The van der Waals surface area contributed by atoms with Gasteiger partial charge in [0.1, 0.15) is 5.69 Å². The molecule has 0 amide bonds. The molecule has 0 atom stereocenters. The number of sulfonamides is 1. The number of aromatic nitrogens is 1. The lowest BCUT2D eigenvalue weighted by molar-refractivity contribution is 0.400. The van der Waals surface area contributed by atoms with Gasteiger partial charge in [0.15, 0.2) is 0 Å². The summed E-state index contributed by atoms with van der Waals surface area (Å²) in [4.78, 5) is 3.89. The fourth-order valence-corrected chi connectivity index (χ4v) is 1.60. The van der Waals surface area contributed by atoms with Crippen LogP contribution < -0.4 is 9.46 Å². The predicted molar refractivity (Wildman–Crippen MR) is 58.5 cm³/mol. The zero-order valence-corrected chi connectivity index (χ0v) is 9.71. The van der Waals surface area contributed by atoms with Crippen LogP contribution >= 0.6 is 0 Å². The van der Waals surface area contributed by atoms with E-state index in [1.54, 1.807) is 26.0 Å². The smallest absolute Gasteiger partial charge is 0.238 e. The van der Waals surface area contributed by atoms with Crippen LogP contribution in [0.1, 0.15) is 13.8 Å². The van der Waals surface area contributed by atoms with E-state index in [2.05, 4.69) is 9.71 Å². The molecule has 0 saturated heterocycles. The minimum atomic E-state index is -3.35. The number of anilines is 1. The number of nitrogens with zero attached hydrogens (tertiary/aromatic N) is 1. The van der Waals surface area contributed by atoms with Crippen molar-refractivity contribution in [2.45, 2.75) is 19.1 Å². The molecule has 6 heteroatoms. The van der Waals surface area contributed by atoms with Crippen LogP contribution in [-0.2, 0) is 10.0 Å². The Balaban J connectivity index is 3.00. The van der Waals surface area contributed by atoms with Gasteiger partial charge in [0.05, 0.1) is 12.4 Å². The van der Waals surface area contributed by atoms with Gasteiger partial charge >= 0.3 is 0 Å². The van der Waals surface area contributed by atoms with E-state index in [0.29, 0.717) is 5.69 Å². The quantitative estimate of drug-likeness (QED) is 0.845. The first-order valence-corrected chi connectivity index (χ1v) is 6.02. The summed E-state index contributed by atoms with van der Waals surface area (Å²) in [6.45, 7) is 3.20. The van der Waals surface area contributed by atoms with Gasteiger partial charge in [0.2, 0.25) is 15.9 Å². The zero-order valence-electron chi connectivity index (χ0n) is 8.89. The summed E-state index contributed by atoms with van der Waals surface area (Å²) in [5, 5.41) is -0.498. The summed E-state index contributed by atoms with van der Waals surface area (Å²) in [6, 6.07) is 3.24. The second kappa shape index (κ2) is 4.48. The van der Waals surface area contributed by atoms with E-state index in [1.807, 2.05) is 0 Å². The average Bonchev–Trinajstić information content (AvgIpc) is 2.18. The van der Waals surface area contributed by atoms with Gasteiger partial charge in [-0.2, -0.15) is 0 Å². The number of hydrogen-bond donors (Lipinski definition) is 1. The molecule has 0 aromatic carbocycles. The average molecular weight is 230 g/mol. The summed E-state index contributed by atoms with van der Waals surface area (Å²) in [5.41, 5.74) is 0.355. The first-order chi connectivity index (χ1) is 6.97. The van der Waals surface area contributed by atoms with Crippen molar-refractivity contribution in [3.8, 4) is 5.88 Å². The molecule has 0 bridgehead atoms. The molecule has 0 radical (unpaired) electrons. The Bertz CT molecular complexity index is 429. The van der Waals surface area contributed by atoms with E-state index >= 15 is 0 Å². The Labute approximate surface area is 89.5 Å². The van der Waals surface area contributed by atoms with E-state index in [9.17, 15) is 8.42 Å². The van der Waals surface area contributed by atoms with Gasteiger partial charge in [-0.25, -0.2) is 13.4 Å². The summed E-state index contributed by atoms with van der Waals surface area (Å²) in [6.07, 6.45) is 1.53. The molecule has 0 unspecified atom stereocenters. The summed E-state index contributed by atoms with van der Waals surface area (Å²) in [7, 11) is -1.91. The third-order valence-corrected chi connectivity index (χ3v) is 3.58. The van der Waals surface area contributed by atoms with Gasteiger partial charge in [-0.15, -0.1) is 0 Å². The van der Waals surface area contributed by atoms with E-state index in [1.165, 1.54) is 13.3 Å². The van der Waals surface area contributed by atoms with Crippen molar-refractivity contribution in [3.05, 3.63) is 18.3 Å². The van der Waals surface area contributed by atoms with Crippen molar-refractivity contribution in [2.75, 3.05) is 11.8 Å². The summed E-state index contributed by atoms with van der Waals surface area (Å²) >= 11 is 0. The highest BCUT2D eigenvalue weighted by Crippen LogP contribution is 2.21. The van der Waals surface area contributed by atoms with Crippen LogP contribution in [0, 0.1) is 0 Å². The maximum Gasteiger partial charge on any atom is 0.238 e. The molecule has 0 fully saturated rings. The maximum absolute atomic E-state index is 11.6. The van der Waals surface area contributed by atoms with Crippen LogP contribution in [0.4, 0.5) is 5.69 Å². The highest BCUT2D eigenvalue weighted by molar-refractivity contribution is 7.93. The lowest BCUT2D eigenvalue weighted by Gasteiger charge is -2.12. The van der Waals surface area contributed by atoms with E-state index in [-0.39, 0.29) is 5.88 Å². The zero-order chi connectivity index (χ0) is 11.5. The molecule has 0 aliphatic carbocycles. The first-order valence-electron chi connectivity index (χ1n) is 4.48. The Morgan fingerprint density at radius 2 is 2.13 bits per heavy atom.